The van der Waals surface area contributed by atoms with E-state index >= 15 is 0 Å². The van der Waals surface area contributed by atoms with Crippen LogP contribution in [0.2, 0.25) is 5.02 Å². The lowest BCUT2D eigenvalue weighted by atomic mass is 9.97. The third-order valence-electron chi connectivity index (χ3n) is 3.71. The minimum absolute atomic E-state index is 0.0381. The Kier molecular flexibility index (Phi) is 5.35. The molecular weight excluding hydrogens is 413 g/mol. The molecule has 1 unspecified atom stereocenters. The molecule has 1 aromatic rings. The van der Waals surface area contributed by atoms with Crippen molar-refractivity contribution in [3.8, 4) is 11.8 Å². The molecule has 1 atom stereocenters. The Hall–Kier alpha value is -1.46. The van der Waals surface area contributed by atoms with Crippen molar-refractivity contribution in [2.45, 2.75) is 38.1 Å². The van der Waals surface area contributed by atoms with Crippen LogP contribution in [0.4, 0.5) is 13.2 Å². The summed E-state index contributed by atoms with van der Waals surface area (Å²) in [6, 6.07) is 4.18. The SMILES string of the molecule is CC(C#N)(NC(=O)Cc1c(Cl)cc(OC(F)(F)F)cc1Br)C1CC1. The van der Waals surface area contributed by atoms with Crippen molar-refractivity contribution >= 4 is 33.4 Å². The first-order chi connectivity index (χ1) is 11.0. The topological polar surface area (TPSA) is 62.1 Å². The Labute approximate surface area is 150 Å². The predicted octanol–water partition coefficient (Wildman–Crippen LogP) is 4.35. The van der Waals surface area contributed by atoms with Gasteiger partial charge in [-0.15, -0.1) is 13.2 Å². The lowest BCUT2D eigenvalue weighted by Gasteiger charge is -2.23. The number of rotatable bonds is 5. The molecule has 4 nitrogen and oxygen atoms in total. The van der Waals surface area contributed by atoms with Gasteiger partial charge in [0.2, 0.25) is 5.91 Å². The van der Waals surface area contributed by atoms with Crippen LogP contribution in [-0.4, -0.2) is 17.8 Å². The normalized spacial score (nSPS) is 16.9. The highest BCUT2D eigenvalue weighted by atomic mass is 79.9. The van der Waals surface area contributed by atoms with Crippen molar-refractivity contribution < 1.29 is 22.7 Å². The highest BCUT2D eigenvalue weighted by Crippen LogP contribution is 2.39. The summed E-state index contributed by atoms with van der Waals surface area (Å²) < 4.78 is 40.8. The summed E-state index contributed by atoms with van der Waals surface area (Å²) >= 11 is 9.06. The van der Waals surface area contributed by atoms with Crippen LogP contribution in [0.5, 0.6) is 5.75 Å². The first-order valence-corrected chi connectivity index (χ1v) is 8.17. The maximum absolute atomic E-state index is 12.2. The van der Waals surface area contributed by atoms with E-state index in [1.54, 1.807) is 6.92 Å². The quantitative estimate of drug-likeness (QED) is 0.763. The molecule has 130 valence electrons. The second-order valence-electron chi connectivity index (χ2n) is 5.73. The second kappa shape index (κ2) is 6.81. The molecule has 1 fully saturated rings. The fourth-order valence-electron chi connectivity index (χ4n) is 2.32. The Morgan fingerprint density at radius 2 is 2.12 bits per heavy atom. The van der Waals surface area contributed by atoms with Crippen molar-refractivity contribution in [3.63, 3.8) is 0 Å². The highest BCUT2D eigenvalue weighted by Gasteiger charge is 2.43. The summed E-state index contributed by atoms with van der Waals surface area (Å²) in [4.78, 5) is 12.2. The summed E-state index contributed by atoms with van der Waals surface area (Å²) in [5.74, 6) is -0.797. The van der Waals surface area contributed by atoms with Crippen molar-refractivity contribution in [3.05, 3.63) is 27.2 Å². The molecule has 0 aromatic heterocycles. The number of nitrogens with zero attached hydrogens (tertiary/aromatic N) is 1. The van der Waals surface area contributed by atoms with Gasteiger partial charge in [0.15, 0.2) is 0 Å². The first kappa shape index (κ1) is 18.9. The number of benzene rings is 1. The summed E-state index contributed by atoms with van der Waals surface area (Å²) in [5, 5.41) is 11.9. The van der Waals surface area contributed by atoms with E-state index in [9.17, 15) is 23.2 Å². The molecule has 0 aliphatic heterocycles. The number of halogens is 5. The van der Waals surface area contributed by atoms with Crippen LogP contribution >= 0.6 is 27.5 Å². The van der Waals surface area contributed by atoms with Gasteiger partial charge in [-0.05, 0) is 43.4 Å². The summed E-state index contributed by atoms with van der Waals surface area (Å²) in [6.45, 7) is 1.65. The summed E-state index contributed by atoms with van der Waals surface area (Å²) in [7, 11) is 0. The number of nitrogens with one attached hydrogen (secondary N) is 1. The summed E-state index contributed by atoms with van der Waals surface area (Å²) in [6.07, 6.45) is -3.26. The van der Waals surface area contributed by atoms with Crippen LogP contribution in [0.1, 0.15) is 25.3 Å². The third-order valence-corrected chi connectivity index (χ3v) is 4.76. The van der Waals surface area contributed by atoms with E-state index in [0.29, 0.717) is 5.56 Å². The molecule has 2 rings (SSSR count). The molecule has 1 amide bonds. The average molecular weight is 426 g/mol. The Morgan fingerprint density at radius 3 is 2.58 bits per heavy atom. The molecule has 1 aliphatic carbocycles. The molecular formula is C15H13BrClF3N2O2. The van der Waals surface area contributed by atoms with Crippen LogP contribution in [0, 0.1) is 17.2 Å². The lowest BCUT2D eigenvalue weighted by Crippen LogP contribution is -2.47. The van der Waals surface area contributed by atoms with Gasteiger partial charge >= 0.3 is 6.36 Å². The summed E-state index contributed by atoms with van der Waals surface area (Å²) in [5.41, 5.74) is -0.630. The molecule has 9 heteroatoms. The number of hydrogen-bond donors (Lipinski definition) is 1. The monoisotopic (exact) mass is 424 g/mol. The van der Waals surface area contributed by atoms with Gasteiger partial charge < -0.3 is 10.1 Å². The molecule has 0 heterocycles. The minimum Gasteiger partial charge on any atom is -0.406 e. The van der Waals surface area contributed by atoms with Gasteiger partial charge in [-0.25, -0.2) is 0 Å². The van der Waals surface area contributed by atoms with E-state index in [-0.39, 0.29) is 21.8 Å². The van der Waals surface area contributed by atoms with Crippen molar-refractivity contribution in [1.29, 1.82) is 5.26 Å². The van der Waals surface area contributed by atoms with Gasteiger partial charge in [0.1, 0.15) is 11.3 Å². The van der Waals surface area contributed by atoms with E-state index in [1.807, 2.05) is 0 Å². The largest absolute Gasteiger partial charge is 0.573 e. The van der Waals surface area contributed by atoms with Crippen LogP contribution in [0.25, 0.3) is 0 Å². The van der Waals surface area contributed by atoms with Crippen LogP contribution in [-0.2, 0) is 11.2 Å². The van der Waals surface area contributed by atoms with E-state index in [2.05, 4.69) is 32.1 Å². The van der Waals surface area contributed by atoms with E-state index in [1.165, 1.54) is 0 Å². The van der Waals surface area contributed by atoms with E-state index in [0.717, 1.165) is 25.0 Å². The zero-order chi connectivity index (χ0) is 18.1. The Morgan fingerprint density at radius 1 is 1.50 bits per heavy atom. The van der Waals surface area contributed by atoms with Crippen molar-refractivity contribution in [2.75, 3.05) is 0 Å². The van der Waals surface area contributed by atoms with Gasteiger partial charge in [-0.3, -0.25) is 4.79 Å². The number of nitriles is 1. The van der Waals surface area contributed by atoms with Gasteiger partial charge in [0.25, 0.3) is 0 Å². The van der Waals surface area contributed by atoms with Crippen LogP contribution < -0.4 is 10.1 Å². The standard InChI is InChI=1S/C15H13BrClF3N2O2/c1-14(7-21,8-2-3-8)22-13(23)6-10-11(16)4-9(5-12(10)17)24-15(18,19)20/h4-5,8H,2-3,6H2,1H3,(H,22,23). The Bertz CT molecular complexity index is 678. The van der Waals surface area contributed by atoms with E-state index in [4.69, 9.17) is 11.6 Å². The zero-order valence-corrected chi connectivity index (χ0v) is 14.8. The fraction of sp³-hybridized carbons (Fsp3) is 0.467. The number of hydrogen-bond acceptors (Lipinski definition) is 3. The number of amides is 1. The average Bonchev–Trinajstić information content (AvgIpc) is 3.25. The van der Waals surface area contributed by atoms with Gasteiger partial charge in [-0.2, -0.15) is 5.26 Å². The number of carbonyl (C=O) groups excluding carboxylic acids is 1. The number of alkyl halides is 3. The molecule has 0 bridgehead atoms. The van der Waals surface area contributed by atoms with Gasteiger partial charge in [0.05, 0.1) is 12.5 Å². The highest BCUT2D eigenvalue weighted by molar-refractivity contribution is 9.10. The molecule has 24 heavy (non-hydrogen) atoms. The number of ether oxygens (including phenoxy) is 1. The van der Waals surface area contributed by atoms with Crippen molar-refractivity contribution in [1.82, 2.24) is 5.32 Å². The third kappa shape index (κ3) is 4.77. The molecule has 0 spiro atoms. The van der Waals surface area contributed by atoms with E-state index < -0.39 is 23.6 Å². The molecule has 0 saturated heterocycles. The maximum atomic E-state index is 12.2. The first-order valence-electron chi connectivity index (χ1n) is 7.00. The maximum Gasteiger partial charge on any atom is 0.573 e. The minimum atomic E-state index is -4.83. The molecule has 1 aromatic carbocycles. The molecule has 1 aliphatic rings. The number of carbonyl (C=O) groups is 1. The smallest absolute Gasteiger partial charge is 0.406 e. The van der Waals surface area contributed by atoms with Gasteiger partial charge in [0, 0.05) is 9.50 Å². The molecule has 0 radical (unpaired) electrons. The molecule has 1 saturated carbocycles. The zero-order valence-electron chi connectivity index (χ0n) is 12.5. The fourth-order valence-corrected chi connectivity index (χ4v) is 3.29. The lowest BCUT2D eigenvalue weighted by molar-refractivity contribution is -0.274. The van der Waals surface area contributed by atoms with Crippen molar-refractivity contribution in [2.24, 2.45) is 5.92 Å². The Balaban J connectivity index is 2.12. The van der Waals surface area contributed by atoms with Gasteiger partial charge in [-0.1, -0.05) is 27.5 Å². The second-order valence-corrected chi connectivity index (χ2v) is 6.99. The molecule has 1 N–H and O–H groups in total. The van der Waals surface area contributed by atoms with Crippen LogP contribution in [0.3, 0.4) is 0 Å². The predicted molar refractivity (Wildman–Crippen MR) is 84.4 cm³/mol. The van der Waals surface area contributed by atoms with Crippen LogP contribution in [0.15, 0.2) is 16.6 Å².